The van der Waals surface area contributed by atoms with E-state index in [2.05, 4.69) is 49.6 Å². The van der Waals surface area contributed by atoms with E-state index in [-0.39, 0.29) is 5.41 Å². The van der Waals surface area contributed by atoms with Crippen LogP contribution in [0.3, 0.4) is 0 Å². The van der Waals surface area contributed by atoms with Crippen LogP contribution in [0.5, 0.6) is 0 Å². The van der Waals surface area contributed by atoms with Crippen molar-refractivity contribution in [2.24, 2.45) is 5.41 Å². The molecule has 1 unspecified atom stereocenters. The summed E-state index contributed by atoms with van der Waals surface area (Å²) in [5.41, 5.74) is 3.88. The molecule has 0 fully saturated rings. The molecular formula is C18H28N2O2. The van der Waals surface area contributed by atoms with E-state index in [1.165, 1.54) is 11.3 Å². The second-order valence-electron chi connectivity index (χ2n) is 7.39. The number of carboxylic acids is 1. The number of hydrogen-bond donors (Lipinski definition) is 3. The third-order valence-electron chi connectivity index (χ3n) is 4.14. The lowest BCUT2D eigenvalue weighted by Gasteiger charge is -2.22. The number of benzene rings is 1. The van der Waals surface area contributed by atoms with Gasteiger partial charge in [0.05, 0.1) is 0 Å². The molecular weight excluding hydrogens is 276 g/mol. The first-order valence-electron chi connectivity index (χ1n) is 8.17. The van der Waals surface area contributed by atoms with Gasteiger partial charge in [-0.3, -0.25) is 4.79 Å². The van der Waals surface area contributed by atoms with E-state index in [0.29, 0.717) is 13.0 Å². The monoisotopic (exact) mass is 304 g/mol. The summed E-state index contributed by atoms with van der Waals surface area (Å²) in [6, 6.07) is 5.90. The van der Waals surface area contributed by atoms with Crippen molar-refractivity contribution in [2.45, 2.75) is 59.0 Å². The first kappa shape index (κ1) is 16.8. The zero-order valence-electron chi connectivity index (χ0n) is 13.9. The summed E-state index contributed by atoms with van der Waals surface area (Å²) in [4.78, 5) is 11.4. The van der Waals surface area contributed by atoms with Crippen molar-refractivity contribution in [3.63, 3.8) is 0 Å². The lowest BCUT2D eigenvalue weighted by Crippen LogP contribution is -2.37. The SMILES string of the molecule is CC(C)(C)CCC(NCc1ccc2c(c1)CCCN2)C(=O)O. The number of carbonyl (C=O) groups is 1. The Labute approximate surface area is 133 Å². The minimum absolute atomic E-state index is 0.160. The lowest BCUT2D eigenvalue weighted by molar-refractivity contribution is -0.139. The van der Waals surface area contributed by atoms with Gasteiger partial charge in [-0.25, -0.2) is 0 Å². The van der Waals surface area contributed by atoms with E-state index in [4.69, 9.17) is 0 Å². The van der Waals surface area contributed by atoms with E-state index >= 15 is 0 Å². The number of fused-ring (bicyclic) bond motifs is 1. The molecule has 22 heavy (non-hydrogen) atoms. The summed E-state index contributed by atoms with van der Waals surface area (Å²) in [6.07, 6.45) is 3.81. The van der Waals surface area contributed by atoms with Crippen molar-refractivity contribution < 1.29 is 9.90 Å². The summed E-state index contributed by atoms with van der Waals surface area (Å²) in [6.45, 7) is 8.07. The van der Waals surface area contributed by atoms with Crippen molar-refractivity contribution in [2.75, 3.05) is 11.9 Å². The molecule has 0 bridgehead atoms. The van der Waals surface area contributed by atoms with Crippen molar-refractivity contribution in [1.82, 2.24) is 5.32 Å². The van der Waals surface area contributed by atoms with Gasteiger partial charge in [0.25, 0.3) is 0 Å². The molecule has 2 rings (SSSR count). The normalized spacial score (nSPS) is 15.8. The number of anilines is 1. The van der Waals surface area contributed by atoms with Crippen LogP contribution in [0.2, 0.25) is 0 Å². The lowest BCUT2D eigenvalue weighted by atomic mass is 9.88. The van der Waals surface area contributed by atoms with Crippen LogP contribution < -0.4 is 10.6 Å². The number of carboxylic acid groups (broad SMARTS) is 1. The highest BCUT2D eigenvalue weighted by Crippen LogP contribution is 2.24. The fourth-order valence-corrected chi connectivity index (χ4v) is 2.77. The number of hydrogen-bond acceptors (Lipinski definition) is 3. The third kappa shape index (κ3) is 5.02. The second kappa shape index (κ2) is 7.14. The Kier molecular flexibility index (Phi) is 5.46. The number of aryl methyl sites for hydroxylation is 1. The van der Waals surface area contributed by atoms with Gasteiger partial charge in [-0.05, 0) is 48.3 Å². The Morgan fingerprint density at radius 2 is 2.18 bits per heavy atom. The summed E-state index contributed by atoms with van der Waals surface area (Å²) in [7, 11) is 0. The van der Waals surface area contributed by atoms with Crippen LogP contribution in [0.15, 0.2) is 18.2 Å². The van der Waals surface area contributed by atoms with Gasteiger partial charge in [0.2, 0.25) is 0 Å². The molecule has 4 heteroatoms. The molecule has 3 N–H and O–H groups in total. The fraction of sp³-hybridized carbons (Fsp3) is 0.611. The highest BCUT2D eigenvalue weighted by atomic mass is 16.4. The highest BCUT2D eigenvalue weighted by Gasteiger charge is 2.20. The molecule has 1 aromatic carbocycles. The van der Waals surface area contributed by atoms with E-state index in [9.17, 15) is 9.90 Å². The van der Waals surface area contributed by atoms with Crippen molar-refractivity contribution in [3.8, 4) is 0 Å². The van der Waals surface area contributed by atoms with Crippen LogP contribution in [-0.4, -0.2) is 23.7 Å². The van der Waals surface area contributed by atoms with E-state index in [1.54, 1.807) is 0 Å². The van der Waals surface area contributed by atoms with E-state index in [1.807, 2.05) is 0 Å². The molecule has 0 aliphatic carbocycles. The standard InChI is InChI=1S/C18H28N2O2/c1-18(2,3)9-8-16(17(21)22)20-12-13-6-7-15-14(11-13)5-4-10-19-15/h6-7,11,16,19-20H,4-5,8-10,12H2,1-3H3,(H,21,22). The molecule has 1 atom stereocenters. The molecule has 0 saturated carbocycles. The summed E-state index contributed by atoms with van der Waals surface area (Å²) < 4.78 is 0. The summed E-state index contributed by atoms with van der Waals surface area (Å²) in [5, 5.41) is 16.0. The smallest absolute Gasteiger partial charge is 0.320 e. The molecule has 1 aliphatic heterocycles. The van der Waals surface area contributed by atoms with Gasteiger partial charge >= 0.3 is 5.97 Å². The first-order valence-corrected chi connectivity index (χ1v) is 8.17. The van der Waals surface area contributed by atoms with Gasteiger partial charge in [0, 0.05) is 18.8 Å². The predicted octanol–water partition coefficient (Wildman–Crippen LogP) is 3.41. The quantitative estimate of drug-likeness (QED) is 0.753. The molecule has 4 nitrogen and oxygen atoms in total. The molecule has 1 aliphatic rings. The van der Waals surface area contributed by atoms with Crippen LogP contribution in [0, 0.1) is 5.41 Å². The Morgan fingerprint density at radius 3 is 2.86 bits per heavy atom. The largest absolute Gasteiger partial charge is 0.480 e. The number of nitrogens with one attached hydrogen (secondary N) is 2. The third-order valence-corrected chi connectivity index (χ3v) is 4.14. The van der Waals surface area contributed by atoms with Crippen LogP contribution in [-0.2, 0) is 17.8 Å². The maximum absolute atomic E-state index is 11.4. The van der Waals surface area contributed by atoms with Gasteiger partial charge in [0.1, 0.15) is 6.04 Å². The van der Waals surface area contributed by atoms with E-state index < -0.39 is 12.0 Å². The number of rotatable bonds is 6. The molecule has 0 amide bonds. The second-order valence-corrected chi connectivity index (χ2v) is 7.39. The minimum Gasteiger partial charge on any atom is -0.480 e. The Morgan fingerprint density at radius 1 is 1.41 bits per heavy atom. The maximum atomic E-state index is 11.4. The molecule has 1 heterocycles. The zero-order chi connectivity index (χ0) is 16.2. The molecule has 1 aromatic rings. The predicted molar refractivity (Wildman–Crippen MR) is 90.2 cm³/mol. The topological polar surface area (TPSA) is 61.4 Å². The van der Waals surface area contributed by atoms with Crippen molar-refractivity contribution in [1.29, 1.82) is 0 Å². The van der Waals surface area contributed by atoms with Gasteiger partial charge in [0.15, 0.2) is 0 Å². The van der Waals surface area contributed by atoms with Gasteiger partial charge in [-0.15, -0.1) is 0 Å². The van der Waals surface area contributed by atoms with Crippen LogP contribution in [0.25, 0.3) is 0 Å². The van der Waals surface area contributed by atoms with Crippen LogP contribution in [0.4, 0.5) is 5.69 Å². The molecule has 0 radical (unpaired) electrons. The molecule has 122 valence electrons. The van der Waals surface area contributed by atoms with Crippen LogP contribution in [0.1, 0.15) is 51.2 Å². The maximum Gasteiger partial charge on any atom is 0.320 e. The van der Waals surface area contributed by atoms with Crippen molar-refractivity contribution >= 4 is 11.7 Å². The first-order chi connectivity index (χ1) is 10.3. The molecule has 0 spiro atoms. The van der Waals surface area contributed by atoms with Gasteiger partial charge in [-0.2, -0.15) is 0 Å². The Bertz CT molecular complexity index is 520. The van der Waals surface area contributed by atoms with Gasteiger partial charge in [-0.1, -0.05) is 32.9 Å². The summed E-state index contributed by atoms with van der Waals surface area (Å²) in [5.74, 6) is -0.760. The molecule has 0 saturated heterocycles. The van der Waals surface area contributed by atoms with Gasteiger partial charge < -0.3 is 15.7 Å². The zero-order valence-corrected chi connectivity index (χ0v) is 13.9. The average Bonchev–Trinajstić information content (AvgIpc) is 2.45. The molecule has 0 aromatic heterocycles. The summed E-state index contributed by atoms with van der Waals surface area (Å²) >= 11 is 0. The average molecular weight is 304 g/mol. The Hall–Kier alpha value is -1.55. The minimum atomic E-state index is -0.760. The van der Waals surface area contributed by atoms with Crippen LogP contribution >= 0.6 is 0 Å². The number of aliphatic carboxylic acids is 1. The van der Waals surface area contributed by atoms with Crippen molar-refractivity contribution in [3.05, 3.63) is 29.3 Å². The fourth-order valence-electron chi connectivity index (χ4n) is 2.77. The highest BCUT2D eigenvalue weighted by molar-refractivity contribution is 5.73. The Balaban J connectivity index is 1.93. The van der Waals surface area contributed by atoms with E-state index in [0.717, 1.165) is 31.4 Å².